The van der Waals surface area contributed by atoms with E-state index < -0.39 is 30.5 Å². The standard InChI is InChI=1S/C11H14F3NO2S/c1-17-11(16)7(5-6-3-2-4-18-6)9(15)8(12)10(13)14/h2-4,7-10H,5,15H2,1H3. The molecule has 102 valence electrons. The monoisotopic (exact) mass is 281 g/mol. The first-order valence-corrected chi connectivity index (χ1v) is 6.13. The zero-order chi connectivity index (χ0) is 13.7. The zero-order valence-electron chi connectivity index (χ0n) is 9.68. The first-order chi connectivity index (χ1) is 8.47. The molecule has 0 amide bonds. The third kappa shape index (κ3) is 3.71. The first-order valence-electron chi connectivity index (χ1n) is 5.25. The number of rotatable bonds is 6. The molecule has 0 aromatic carbocycles. The molecule has 1 aromatic rings. The summed E-state index contributed by atoms with van der Waals surface area (Å²) in [7, 11) is 1.12. The topological polar surface area (TPSA) is 52.3 Å². The van der Waals surface area contributed by atoms with Crippen molar-refractivity contribution in [2.45, 2.75) is 25.1 Å². The van der Waals surface area contributed by atoms with Crippen molar-refractivity contribution in [1.82, 2.24) is 0 Å². The molecule has 0 aliphatic heterocycles. The molecule has 0 bridgehead atoms. The van der Waals surface area contributed by atoms with Gasteiger partial charge in [0.25, 0.3) is 6.43 Å². The van der Waals surface area contributed by atoms with Gasteiger partial charge < -0.3 is 10.5 Å². The van der Waals surface area contributed by atoms with Crippen molar-refractivity contribution in [3.63, 3.8) is 0 Å². The van der Waals surface area contributed by atoms with Crippen molar-refractivity contribution in [1.29, 1.82) is 0 Å². The van der Waals surface area contributed by atoms with Gasteiger partial charge in [-0.3, -0.25) is 4.79 Å². The summed E-state index contributed by atoms with van der Waals surface area (Å²) in [6, 6.07) is 1.89. The molecule has 0 fully saturated rings. The van der Waals surface area contributed by atoms with Crippen molar-refractivity contribution in [3.05, 3.63) is 22.4 Å². The summed E-state index contributed by atoms with van der Waals surface area (Å²) < 4.78 is 42.3. The lowest BCUT2D eigenvalue weighted by Crippen LogP contribution is -2.47. The predicted octanol–water partition coefficient (Wildman–Crippen LogP) is 2.01. The van der Waals surface area contributed by atoms with Gasteiger partial charge in [-0.1, -0.05) is 6.07 Å². The summed E-state index contributed by atoms with van der Waals surface area (Å²) in [5.74, 6) is -1.89. The number of nitrogens with two attached hydrogens (primary N) is 1. The Hall–Kier alpha value is -1.08. The molecule has 1 aromatic heterocycles. The number of alkyl halides is 3. The largest absolute Gasteiger partial charge is 0.469 e. The molecule has 0 aliphatic rings. The lowest BCUT2D eigenvalue weighted by Gasteiger charge is -2.23. The fourth-order valence-electron chi connectivity index (χ4n) is 1.56. The van der Waals surface area contributed by atoms with E-state index in [1.807, 2.05) is 0 Å². The number of hydrogen-bond donors (Lipinski definition) is 1. The molecule has 0 saturated heterocycles. The van der Waals surface area contributed by atoms with Gasteiger partial charge in [0.2, 0.25) is 0 Å². The number of esters is 1. The minimum absolute atomic E-state index is 0.0959. The average molecular weight is 281 g/mol. The van der Waals surface area contributed by atoms with Gasteiger partial charge in [-0.25, -0.2) is 13.2 Å². The minimum Gasteiger partial charge on any atom is -0.469 e. The van der Waals surface area contributed by atoms with Crippen LogP contribution in [0.25, 0.3) is 0 Å². The lowest BCUT2D eigenvalue weighted by molar-refractivity contribution is -0.147. The number of thiophene rings is 1. The molecule has 0 saturated carbocycles. The van der Waals surface area contributed by atoms with Gasteiger partial charge in [0.15, 0.2) is 6.17 Å². The number of hydrogen-bond acceptors (Lipinski definition) is 4. The van der Waals surface area contributed by atoms with Crippen LogP contribution in [0.1, 0.15) is 4.88 Å². The fourth-order valence-corrected chi connectivity index (χ4v) is 2.33. The highest BCUT2D eigenvalue weighted by atomic mass is 32.1. The fraction of sp³-hybridized carbons (Fsp3) is 0.545. The van der Waals surface area contributed by atoms with Crippen molar-refractivity contribution in [2.75, 3.05) is 7.11 Å². The van der Waals surface area contributed by atoms with Gasteiger partial charge in [0, 0.05) is 4.88 Å². The maximum atomic E-state index is 13.2. The summed E-state index contributed by atoms with van der Waals surface area (Å²) >= 11 is 1.34. The Morgan fingerprint density at radius 1 is 1.50 bits per heavy atom. The molecule has 18 heavy (non-hydrogen) atoms. The quantitative estimate of drug-likeness (QED) is 0.812. The first kappa shape index (κ1) is 15.0. The van der Waals surface area contributed by atoms with Crippen LogP contribution in [0.4, 0.5) is 13.2 Å². The average Bonchev–Trinajstić information content (AvgIpc) is 2.86. The Bertz CT molecular complexity index is 372. The SMILES string of the molecule is COC(=O)C(Cc1cccs1)C(N)C(F)C(F)F. The Labute approximate surface area is 107 Å². The molecule has 0 aliphatic carbocycles. The molecule has 3 atom stereocenters. The molecule has 3 unspecified atom stereocenters. The molecular weight excluding hydrogens is 267 g/mol. The number of methoxy groups -OCH3 is 1. The van der Waals surface area contributed by atoms with Gasteiger partial charge in [-0.05, 0) is 17.9 Å². The van der Waals surface area contributed by atoms with E-state index in [0.29, 0.717) is 0 Å². The van der Waals surface area contributed by atoms with E-state index in [2.05, 4.69) is 4.74 Å². The third-order valence-corrected chi connectivity index (χ3v) is 3.48. The van der Waals surface area contributed by atoms with Crippen molar-refractivity contribution in [3.8, 4) is 0 Å². The Kier molecular flexibility index (Phi) is 5.61. The van der Waals surface area contributed by atoms with E-state index in [-0.39, 0.29) is 6.42 Å². The summed E-state index contributed by atoms with van der Waals surface area (Å²) in [6.45, 7) is 0. The Balaban J connectivity index is 2.81. The van der Waals surface area contributed by atoms with Crippen molar-refractivity contribution >= 4 is 17.3 Å². The van der Waals surface area contributed by atoms with E-state index in [4.69, 9.17) is 5.73 Å². The molecule has 0 radical (unpaired) electrons. The molecule has 3 nitrogen and oxygen atoms in total. The number of carbonyl (C=O) groups is 1. The summed E-state index contributed by atoms with van der Waals surface area (Å²) in [5, 5.41) is 1.77. The molecule has 0 spiro atoms. The van der Waals surface area contributed by atoms with E-state index in [0.717, 1.165) is 12.0 Å². The molecule has 2 N–H and O–H groups in total. The Morgan fingerprint density at radius 3 is 2.61 bits per heavy atom. The maximum Gasteiger partial charge on any atom is 0.310 e. The highest BCUT2D eigenvalue weighted by Gasteiger charge is 2.37. The highest BCUT2D eigenvalue weighted by molar-refractivity contribution is 7.09. The van der Waals surface area contributed by atoms with E-state index in [1.165, 1.54) is 11.3 Å². The normalized spacial score (nSPS) is 16.3. The zero-order valence-corrected chi connectivity index (χ0v) is 10.5. The van der Waals surface area contributed by atoms with Crippen LogP contribution >= 0.6 is 11.3 Å². The second-order valence-electron chi connectivity index (χ2n) is 3.77. The molecule has 1 rings (SSSR count). The van der Waals surface area contributed by atoms with Gasteiger partial charge >= 0.3 is 5.97 Å². The van der Waals surface area contributed by atoms with E-state index in [1.54, 1.807) is 17.5 Å². The van der Waals surface area contributed by atoms with Crippen LogP contribution in [0.3, 0.4) is 0 Å². The molecule has 7 heteroatoms. The minimum atomic E-state index is -3.21. The summed E-state index contributed by atoms with van der Waals surface area (Å²) in [5.41, 5.74) is 5.40. The maximum absolute atomic E-state index is 13.2. The summed E-state index contributed by atoms with van der Waals surface area (Å²) in [6.07, 6.45) is -5.66. The van der Waals surface area contributed by atoms with E-state index >= 15 is 0 Å². The molecule has 1 heterocycles. The summed E-state index contributed by atoms with van der Waals surface area (Å²) in [4.78, 5) is 12.3. The van der Waals surface area contributed by atoms with Gasteiger partial charge in [0.05, 0.1) is 19.1 Å². The smallest absolute Gasteiger partial charge is 0.310 e. The van der Waals surface area contributed by atoms with E-state index in [9.17, 15) is 18.0 Å². The van der Waals surface area contributed by atoms with Crippen LogP contribution in [0.5, 0.6) is 0 Å². The van der Waals surface area contributed by atoms with Crippen LogP contribution < -0.4 is 5.73 Å². The van der Waals surface area contributed by atoms with Crippen molar-refractivity contribution < 1.29 is 22.7 Å². The van der Waals surface area contributed by atoms with Crippen LogP contribution in [-0.4, -0.2) is 31.7 Å². The van der Waals surface area contributed by atoms with Gasteiger partial charge in [0.1, 0.15) is 0 Å². The van der Waals surface area contributed by atoms with Crippen LogP contribution in [0, 0.1) is 5.92 Å². The second-order valence-corrected chi connectivity index (χ2v) is 4.80. The number of halogens is 3. The predicted molar refractivity (Wildman–Crippen MR) is 62.4 cm³/mol. The highest BCUT2D eigenvalue weighted by Crippen LogP contribution is 2.22. The van der Waals surface area contributed by atoms with Gasteiger partial charge in [-0.2, -0.15) is 0 Å². The van der Waals surface area contributed by atoms with Crippen LogP contribution in [0.15, 0.2) is 17.5 Å². The van der Waals surface area contributed by atoms with Crippen LogP contribution in [-0.2, 0) is 16.0 Å². The number of ether oxygens (including phenoxy) is 1. The number of carbonyl (C=O) groups excluding carboxylic acids is 1. The third-order valence-electron chi connectivity index (χ3n) is 2.58. The van der Waals surface area contributed by atoms with Crippen molar-refractivity contribution in [2.24, 2.45) is 11.7 Å². The van der Waals surface area contributed by atoms with Crippen LogP contribution in [0.2, 0.25) is 0 Å². The lowest BCUT2D eigenvalue weighted by atomic mass is 9.92. The van der Waals surface area contributed by atoms with Gasteiger partial charge in [-0.15, -0.1) is 11.3 Å². The second kappa shape index (κ2) is 6.75. The Morgan fingerprint density at radius 2 is 2.17 bits per heavy atom. The molecular formula is C11H14F3NO2S.